The topological polar surface area (TPSA) is 65.5 Å². The third-order valence-corrected chi connectivity index (χ3v) is 7.73. The summed E-state index contributed by atoms with van der Waals surface area (Å²) in [5, 5.41) is 4.86. The Kier molecular flexibility index (Phi) is 8.78. The van der Waals surface area contributed by atoms with Crippen LogP contribution >= 0.6 is 11.3 Å². The van der Waals surface area contributed by atoms with Crippen LogP contribution in [0.4, 0.5) is 31.5 Å². The molecule has 2 heterocycles. The maximum Gasteiger partial charge on any atom is 0.416 e. The number of hydrogen-bond acceptors (Lipinski definition) is 5. The first-order chi connectivity index (χ1) is 19.1. The number of aryl methyl sites for hydroxylation is 2. The summed E-state index contributed by atoms with van der Waals surface area (Å²) in [5.74, 6) is -1.15. The summed E-state index contributed by atoms with van der Waals surface area (Å²) in [5.41, 5.74) is -0.0551. The molecule has 2 aromatic carbocycles. The second-order valence-electron chi connectivity index (χ2n) is 10.1. The fraction of sp³-hybridized carbons (Fsp3) is 0.393. The molecule has 0 spiro atoms. The van der Waals surface area contributed by atoms with Crippen molar-refractivity contribution < 1.29 is 35.9 Å². The normalized spacial score (nSPS) is 16.6. The van der Waals surface area contributed by atoms with Crippen LogP contribution in [0.2, 0.25) is 0 Å². The second-order valence-corrected chi connectivity index (χ2v) is 11.0. The smallest absolute Gasteiger partial charge is 0.333 e. The van der Waals surface area contributed by atoms with E-state index in [1.807, 2.05) is 36.9 Å². The van der Waals surface area contributed by atoms with Crippen molar-refractivity contribution in [3.8, 4) is 0 Å². The van der Waals surface area contributed by atoms with Gasteiger partial charge in [0.25, 0.3) is 5.91 Å². The van der Waals surface area contributed by atoms with Gasteiger partial charge in [-0.25, -0.2) is 4.98 Å². The van der Waals surface area contributed by atoms with E-state index < -0.39 is 41.0 Å². The number of halogens is 6. The summed E-state index contributed by atoms with van der Waals surface area (Å²) in [7, 11) is 0. The van der Waals surface area contributed by atoms with Crippen molar-refractivity contribution in [3.63, 3.8) is 0 Å². The van der Waals surface area contributed by atoms with E-state index in [1.54, 1.807) is 5.38 Å². The molecule has 13 heteroatoms. The van der Waals surface area contributed by atoms with Gasteiger partial charge in [0.2, 0.25) is 5.91 Å². The van der Waals surface area contributed by atoms with Crippen molar-refractivity contribution in [3.05, 3.63) is 80.9 Å². The summed E-state index contributed by atoms with van der Waals surface area (Å²) in [4.78, 5) is 32.7. The second kappa shape index (κ2) is 11.8. The zero-order valence-electron chi connectivity index (χ0n) is 22.5. The van der Waals surface area contributed by atoms with E-state index in [9.17, 15) is 35.9 Å². The molecule has 4 rings (SSSR count). The van der Waals surface area contributed by atoms with E-state index in [4.69, 9.17) is 0 Å². The molecule has 220 valence electrons. The summed E-state index contributed by atoms with van der Waals surface area (Å²) in [6, 6.07) is 6.24. The number of benzene rings is 2. The van der Waals surface area contributed by atoms with Crippen LogP contribution in [-0.4, -0.2) is 52.3 Å². The van der Waals surface area contributed by atoms with Gasteiger partial charge < -0.3 is 10.2 Å². The molecule has 6 nitrogen and oxygen atoms in total. The average molecular weight is 599 g/mol. The van der Waals surface area contributed by atoms with Crippen molar-refractivity contribution in [2.75, 3.05) is 25.0 Å². The number of aromatic nitrogens is 1. The van der Waals surface area contributed by atoms with E-state index >= 15 is 0 Å². The molecule has 3 aromatic rings. The predicted molar refractivity (Wildman–Crippen MR) is 143 cm³/mol. The zero-order valence-corrected chi connectivity index (χ0v) is 23.3. The van der Waals surface area contributed by atoms with Gasteiger partial charge in [-0.1, -0.05) is 18.2 Å². The Bertz CT molecular complexity index is 1400. The Morgan fingerprint density at radius 2 is 1.63 bits per heavy atom. The Hall–Kier alpha value is -3.45. The van der Waals surface area contributed by atoms with Crippen LogP contribution in [0.1, 0.15) is 50.8 Å². The molecule has 1 aliphatic heterocycles. The van der Waals surface area contributed by atoms with Crippen LogP contribution in [0.5, 0.6) is 0 Å². The van der Waals surface area contributed by atoms with Gasteiger partial charge in [-0.15, -0.1) is 11.3 Å². The van der Waals surface area contributed by atoms with Gasteiger partial charge >= 0.3 is 12.4 Å². The molecule has 0 saturated carbocycles. The Morgan fingerprint density at radius 3 is 2.22 bits per heavy atom. The molecular weight excluding hydrogens is 570 g/mol. The Morgan fingerprint density at radius 1 is 0.976 bits per heavy atom. The van der Waals surface area contributed by atoms with Crippen molar-refractivity contribution >= 4 is 28.3 Å². The fourth-order valence-electron chi connectivity index (χ4n) is 4.77. The van der Waals surface area contributed by atoms with Gasteiger partial charge in [-0.05, 0) is 55.2 Å². The van der Waals surface area contributed by atoms with Crippen LogP contribution in [0.15, 0.2) is 41.8 Å². The molecule has 1 atom stereocenters. The minimum atomic E-state index is -5.06. The van der Waals surface area contributed by atoms with E-state index in [0.29, 0.717) is 49.0 Å². The molecule has 41 heavy (non-hydrogen) atoms. The average Bonchev–Trinajstić information content (AvgIpc) is 3.30. The lowest BCUT2D eigenvalue weighted by atomic mass is 9.97. The SMILES string of the molecule is CC(=O)Nc1nc(CN2CCN(C(=O)c3cc(C(F)(F)F)cc(C(F)(F)F)c3)[C@H](Cc3ccc(C)c(C)c3)C2)cs1. The van der Waals surface area contributed by atoms with E-state index in [2.05, 4.69) is 10.3 Å². The Labute approximate surface area is 237 Å². The number of piperazine rings is 1. The van der Waals surface area contributed by atoms with Crippen LogP contribution in [0.25, 0.3) is 0 Å². The zero-order chi connectivity index (χ0) is 30.1. The first-order valence-electron chi connectivity index (χ1n) is 12.7. The molecular formula is C28H28F6N4O2S. The first-order valence-corrected chi connectivity index (χ1v) is 13.6. The summed E-state index contributed by atoms with van der Waals surface area (Å²) in [6.45, 7) is 6.39. The van der Waals surface area contributed by atoms with E-state index in [0.717, 1.165) is 16.7 Å². The minimum Gasteiger partial charge on any atom is -0.333 e. The first kappa shape index (κ1) is 30.5. The minimum absolute atomic E-state index is 0.0182. The number of hydrogen-bond donors (Lipinski definition) is 1. The number of nitrogens with zero attached hydrogens (tertiary/aromatic N) is 3. The van der Waals surface area contributed by atoms with E-state index in [-0.39, 0.29) is 18.5 Å². The lowest BCUT2D eigenvalue weighted by Gasteiger charge is -2.41. The summed E-state index contributed by atoms with van der Waals surface area (Å²) in [6.07, 6.45) is -9.77. The molecule has 1 aliphatic rings. The van der Waals surface area contributed by atoms with Gasteiger partial charge in [0.1, 0.15) is 0 Å². The van der Waals surface area contributed by atoms with Crippen molar-refractivity contribution in [2.24, 2.45) is 0 Å². The number of nitrogens with one attached hydrogen (secondary N) is 1. The van der Waals surface area contributed by atoms with Gasteiger partial charge in [0.15, 0.2) is 5.13 Å². The lowest BCUT2D eigenvalue weighted by molar-refractivity contribution is -0.143. The molecule has 1 fully saturated rings. The molecule has 2 amide bonds. The standard InChI is InChI=1S/C28H28F6N4O2S/c1-16-4-5-19(8-17(16)2)9-24-14-37(13-23-15-41-26(36-23)35-18(3)39)6-7-38(24)25(40)20-10-21(27(29,30)31)12-22(11-20)28(32,33)34/h4-5,8,10-12,15,24H,6-7,9,13-14H2,1-3H3,(H,35,36,39)/t24-/m1/s1. The van der Waals surface area contributed by atoms with E-state index in [1.165, 1.54) is 23.2 Å². The molecule has 1 N–H and O–H groups in total. The fourth-order valence-corrected chi connectivity index (χ4v) is 5.52. The van der Waals surface area contributed by atoms with Crippen molar-refractivity contribution in [1.82, 2.24) is 14.8 Å². The molecule has 0 bridgehead atoms. The lowest BCUT2D eigenvalue weighted by Crippen LogP contribution is -2.55. The highest BCUT2D eigenvalue weighted by Gasteiger charge is 2.39. The number of carbonyl (C=O) groups excluding carboxylic acids is 2. The predicted octanol–water partition coefficient (Wildman–Crippen LogP) is 6.33. The quantitative estimate of drug-likeness (QED) is 0.337. The van der Waals surface area contributed by atoms with Gasteiger partial charge in [0, 0.05) is 50.1 Å². The number of thiazole rings is 1. The maximum absolute atomic E-state index is 13.6. The third-order valence-electron chi connectivity index (χ3n) is 6.93. The number of alkyl halides is 6. The van der Waals surface area contributed by atoms with Crippen LogP contribution in [0.3, 0.4) is 0 Å². The largest absolute Gasteiger partial charge is 0.416 e. The Balaban J connectivity index is 1.64. The number of anilines is 1. The summed E-state index contributed by atoms with van der Waals surface area (Å²) >= 11 is 1.26. The number of rotatable bonds is 6. The molecule has 0 unspecified atom stereocenters. The molecule has 0 aliphatic carbocycles. The molecule has 0 radical (unpaired) electrons. The van der Waals surface area contributed by atoms with Crippen LogP contribution < -0.4 is 5.32 Å². The number of amides is 2. The van der Waals surface area contributed by atoms with Crippen molar-refractivity contribution in [1.29, 1.82) is 0 Å². The molecule has 1 saturated heterocycles. The number of carbonyl (C=O) groups is 2. The molecule has 1 aromatic heterocycles. The van der Waals surface area contributed by atoms with Gasteiger partial charge in [-0.3, -0.25) is 14.5 Å². The van der Waals surface area contributed by atoms with Crippen LogP contribution in [0, 0.1) is 13.8 Å². The maximum atomic E-state index is 13.6. The monoisotopic (exact) mass is 598 g/mol. The van der Waals surface area contributed by atoms with Crippen LogP contribution in [-0.2, 0) is 30.1 Å². The summed E-state index contributed by atoms with van der Waals surface area (Å²) < 4.78 is 80.9. The third kappa shape index (κ3) is 7.64. The van der Waals surface area contributed by atoms with Gasteiger partial charge in [0.05, 0.1) is 16.8 Å². The highest BCUT2D eigenvalue weighted by Crippen LogP contribution is 2.37. The van der Waals surface area contributed by atoms with Crippen molar-refractivity contribution in [2.45, 2.75) is 52.1 Å². The van der Waals surface area contributed by atoms with Gasteiger partial charge in [-0.2, -0.15) is 26.3 Å². The highest BCUT2D eigenvalue weighted by atomic mass is 32.1. The highest BCUT2D eigenvalue weighted by molar-refractivity contribution is 7.13.